The summed E-state index contributed by atoms with van der Waals surface area (Å²) < 4.78 is 347. The number of rotatable bonds is 20. The number of fused-ring (bicyclic) bond motifs is 5. The summed E-state index contributed by atoms with van der Waals surface area (Å²) in [6.07, 6.45) is -8.83. The van der Waals surface area contributed by atoms with Crippen LogP contribution >= 0.6 is 10.5 Å². The Labute approximate surface area is 788 Å². The van der Waals surface area contributed by atoms with Crippen molar-refractivity contribution >= 4 is 105 Å². The molecule has 0 saturated heterocycles. The van der Waals surface area contributed by atoms with Crippen LogP contribution in [0.5, 0.6) is 17.2 Å². The summed E-state index contributed by atoms with van der Waals surface area (Å²) in [5.74, 6) is -7.94. The lowest BCUT2D eigenvalue weighted by Crippen LogP contribution is -2.61. The van der Waals surface area contributed by atoms with Gasteiger partial charge in [0.1, 0.15) is 16.6 Å². The van der Waals surface area contributed by atoms with Crippen LogP contribution < -0.4 is 8.92 Å². The maximum atomic E-state index is 13.7. The van der Waals surface area contributed by atoms with E-state index < -0.39 is 120 Å². The van der Waals surface area contributed by atoms with Gasteiger partial charge >= 0.3 is 81.6 Å². The first-order valence-electron chi connectivity index (χ1n) is 43.3. The van der Waals surface area contributed by atoms with Crippen molar-refractivity contribution < 1.29 is 146 Å². The van der Waals surface area contributed by atoms with Gasteiger partial charge in [-0.2, -0.15) is 95.5 Å². The van der Waals surface area contributed by atoms with Crippen molar-refractivity contribution in [1.29, 1.82) is 0 Å². The number of hydrogen-bond donors (Lipinski definition) is 2. The van der Waals surface area contributed by atoms with Crippen molar-refractivity contribution in [2.45, 2.75) is 196 Å². The van der Waals surface area contributed by atoms with E-state index in [1.165, 1.54) is 66.6 Å². The van der Waals surface area contributed by atoms with Gasteiger partial charge in [-0.1, -0.05) is 171 Å². The molecule has 732 valence electrons. The summed E-state index contributed by atoms with van der Waals surface area (Å²) >= 11 is 0. The van der Waals surface area contributed by atoms with Gasteiger partial charge in [0.25, 0.3) is 12.2 Å². The molecule has 0 spiro atoms. The number of esters is 2. The molecule has 9 aliphatic carbocycles. The molecule has 0 radical (unpaired) electrons. The van der Waals surface area contributed by atoms with Gasteiger partial charge in [0.15, 0.2) is 55.5 Å². The minimum Gasteiger partial charge on any atom is -0.743 e. The molecule has 40 heteroatoms. The fourth-order valence-electron chi connectivity index (χ4n) is 20.2. The molecule has 2 atom stereocenters. The SMILES string of the molecule is O=C(OC(C(F)(F)F)C(F)(F)S(=O)(=O)O)C12CC3CC(CC(C3)C1)C2.O=C(OC(C(F)(F)F)C(F)(F)S(=O)(=O)O)C12CC3CC(CC(C3)C1)C2.O=S(=O)([O-])C(F)(F)C(F)(F)C(F)(F)S(=O)(=O)Oc1ccc(C2CCCCC2)cc1.c1ccc(-[s+]2c3ccccc3c3ccccc32)cc1.c1ccc([S+](c2ccccc2)c2ccccc2)cc1.c1ccc([S+]2c3ccccc3Oc3ccccc32)cc1. The molecule has 21 rings (SSSR count). The standard InChI is InChI=1S/C18H13OS.C18H13S.C18H15S.C15H16F6O6S2.2C14H17F5O5S/c1-2-8-14(9-3-1)20-17-12-6-4-10-15(17)19-16-11-5-7-13-18(16)20;1-2-8-14(9-3-1)19-17-12-6-4-10-15(17)16-11-5-7-13-18(16)19;1-4-10-16(11-5-1)19(17-12-6-2-7-13-17)18-14-8-3-9-15-18;16-13(17,14(18,19)28(22,23)24)15(20,21)29(25,26)27-12-8-6-11(7-9-12)10-4-2-1-3-5-10;2*15-13(16,17)10(14(18,19)25(21,22)23)24-11(20)12-4-7-1-8(5-12)3-9(2-7)6-12/h1-13H;1-13H;1-15H;6-10H,1-5H2,(H,22,23,24);2*7-10H,1-6H2,(H,21,22,23)/q3*+1;;;/p-1. The van der Waals surface area contributed by atoms with Crippen LogP contribution in [-0.2, 0) is 81.3 Å². The molecule has 1 aliphatic heterocycles. The Hall–Kier alpha value is -9.78. The van der Waals surface area contributed by atoms with Crippen LogP contribution in [0.4, 0.5) is 70.2 Å². The largest absolute Gasteiger partial charge is 0.743 e. The molecule has 9 fully saturated rings. The number of hydrogen-bond acceptors (Lipinski definition) is 15. The number of carbonyl (C=O) groups excluding carboxylic acids is 2. The monoisotopic (exact) mass is 2050 g/mol. The van der Waals surface area contributed by atoms with Crippen LogP contribution in [0.25, 0.3) is 25.1 Å². The van der Waals surface area contributed by atoms with Gasteiger partial charge in [-0.25, -0.2) is 8.42 Å². The normalized spacial score (nSPS) is 22.0. The molecule has 10 aliphatic rings. The van der Waals surface area contributed by atoms with Gasteiger partial charge in [0, 0.05) is 21.2 Å². The molecular formula is C97H90F16O17S7+2. The Morgan fingerprint density at radius 1 is 0.394 bits per heavy atom. The zero-order valence-corrected chi connectivity index (χ0v) is 77.8. The highest BCUT2D eigenvalue weighted by Crippen LogP contribution is 2.63. The zero-order chi connectivity index (χ0) is 98.9. The molecular weight excluding hydrogens is 1970 g/mol. The minimum atomic E-state index is -7.33. The summed E-state index contributed by atoms with van der Waals surface area (Å²) in [5, 5.41) is -22.2. The van der Waals surface area contributed by atoms with Crippen molar-refractivity contribution in [2.75, 3.05) is 0 Å². The highest BCUT2D eigenvalue weighted by atomic mass is 32.2. The summed E-state index contributed by atoms with van der Waals surface area (Å²) in [4.78, 5) is 34.1. The van der Waals surface area contributed by atoms with Crippen LogP contribution in [0.1, 0.15) is 121 Å². The lowest BCUT2D eigenvalue weighted by Gasteiger charge is -2.55. The lowest BCUT2D eigenvalue weighted by molar-refractivity contribution is -0.266. The van der Waals surface area contributed by atoms with Crippen molar-refractivity contribution in [3.05, 3.63) is 279 Å². The van der Waals surface area contributed by atoms with Crippen molar-refractivity contribution in [3.8, 4) is 22.1 Å². The third-order valence-corrected chi connectivity index (χ3v) is 36.4. The predicted octanol–water partition coefficient (Wildman–Crippen LogP) is 25.5. The van der Waals surface area contributed by atoms with Gasteiger partial charge in [0.05, 0.1) is 21.7 Å². The number of benzene rings is 10. The number of alkyl halides is 16. The molecule has 17 nitrogen and oxygen atoms in total. The second kappa shape index (κ2) is 40.4. The van der Waals surface area contributed by atoms with Crippen LogP contribution in [0.15, 0.2) is 302 Å². The van der Waals surface area contributed by atoms with E-state index in [2.05, 4.69) is 238 Å². The van der Waals surface area contributed by atoms with E-state index in [1.54, 1.807) is 0 Å². The average Bonchev–Trinajstić information content (AvgIpc) is 1.29. The molecule has 0 amide bonds. The van der Waals surface area contributed by atoms with Crippen LogP contribution in [0.3, 0.4) is 0 Å². The third kappa shape index (κ3) is 22.0. The summed E-state index contributed by atoms with van der Waals surface area (Å²) in [5.41, 5.74) is -1.82. The summed E-state index contributed by atoms with van der Waals surface area (Å²) in [6.45, 7) is 0. The Bertz CT molecular complexity index is 6190. The molecule has 11 aromatic rings. The maximum absolute atomic E-state index is 13.7. The summed E-state index contributed by atoms with van der Waals surface area (Å²) in [6, 6.07) is 92.2. The van der Waals surface area contributed by atoms with Crippen LogP contribution in [0, 0.1) is 46.3 Å². The van der Waals surface area contributed by atoms with E-state index in [1.807, 2.05) is 24.3 Å². The van der Waals surface area contributed by atoms with Crippen molar-refractivity contribution in [2.24, 2.45) is 46.3 Å². The number of ether oxygens (including phenoxy) is 3. The number of para-hydroxylation sites is 2. The van der Waals surface area contributed by atoms with Gasteiger partial charge < -0.3 is 22.9 Å². The molecule has 1 aromatic heterocycles. The number of carbonyl (C=O) groups is 2. The minimum absolute atomic E-state index is 0.0146. The highest BCUT2D eigenvalue weighted by molar-refractivity contribution is 7.97. The highest BCUT2D eigenvalue weighted by Gasteiger charge is 2.81. The third-order valence-electron chi connectivity index (χ3n) is 25.6. The first-order chi connectivity index (χ1) is 64.4. The second-order valence-corrected chi connectivity index (χ2v) is 47.0. The average molecular weight is 2060 g/mol. The molecule has 2 heterocycles. The van der Waals surface area contributed by atoms with Gasteiger partial charge in [-0.15, -0.1) is 0 Å². The van der Waals surface area contributed by atoms with E-state index >= 15 is 0 Å². The first kappa shape index (κ1) is 103. The molecule has 8 bridgehead atoms. The van der Waals surface area contributed by atoms with E-state index in [0.29, 0.717) is 0 Å². The van der Waals surface area contributed by atoms with E-state index in [0.717, 1.165) is 99.8 Å². The topological polar surface area (TPSA) is 271 Å². The second-order valence-electron chi connectivity index (χ2n) is 35.1. The van der Waals surface area contributed by atoms with Gasteiger partial charge in [0.2, 0.25) is 9.79 Å². The zero-order valence-electron chi connectivity index (χ0n) is 72.1. The molecule has 2 N–H and O–H groups in total. The quantitative estimate of drug-likeness (QED) is 0.0236. The van der Waals surface area contributed by atoms with Crippen molar-refractivity contribution in [1.82, 2.24) is 0 Å². The molecule has 2 unspecified atom stereocenters. The fourth-order valence-corrected chi connectivity index (χ4v) is 29.2. The maximum Gasteiger partial charge on any atom is 0.450 e. The number of thiophene rings is 1. The molecule has 137 heavy (non-hydrogen) atoms. The Balaban J connectivity index is 0.000000132. The Kier molecular flexibility index (Phi) is 30.4. The van der Waals surface area contributed by atoms with Gasteiger partial charge in [-0.3, -0.25) is 18.7 Å². The van der Waals surface area contributed by atoms with E-state index in [-0.39, 0.29) is 112 Å². The van der Waals surface area contributed by atoms with E-state index in [4.69, 9.17) is 13.8 Å². The first-order valence-corrected chi connectivity index (χ1v) is 52.6. The summed E-state index contributed by atoms with van der Waals surface area (Å²) in [7, 11) is -27.0. The molecule has 10 aromatic carbocycles. The van der Waals surface area contributed by atoms with Crippen LogP contribution in [-0.4, -0.2) is 111 Å². The van der Waals surface area contributed by atoms with Crippen molar-refractivity contribution in [3.63, 3.8) is 0 Å². The Morgan fingerprint density at radius 2 is 0.708 bits per heavy atom. The lowest BCUT2D eigenvalue weighted by atomic mass is 9.49. The fraction of sp³-hybridized carbons (Fsp3) is 0.361. The smallest absolute Gasteiger partial charge is 0.450 e. The number of halogens is 16. The van der Waals surface area contributed by atoms with Gasteiger partial charge in [-0.05, 0) is 258 Å². The Morgan fingerprint density at radius 3 is 1.04 bits per heavy atom. The van der Waals surface area contributed by atoms with Crippen LogP contribution in [0.2, 0.25) is 0 Å². The van der Waals surface area contributed by atoms with E-state index in [9.17, 15) is 118 Å². The molecule has 9 saturated carbocycles. The predicted molar refractivity (Wildman–Crippen MR) is 481 cm³/mol.